The predicted octanol–water partition coefficient (Wildman–Crippen LogP) is 0.823. The Labute approximate surface area is 123 Å². The highest BCUT2D eigenvalue weighted by Crippen LogP contribution is 2.30. The molecule has 2 aromatic heterocycles. The minimum Gasteiger partial charge on any atom is -0.496 e. The monoisotopic (exact) mass is 289 g/mol. The molecule has 0 bridgehead atoms. The van der Waals surface area contributed by atoms with E-state index in [1.807, 2.05) is 12.3 Å². The van der Waals surface area contributed by atoms with Crippen molar-refractivity contribution >= 4 is 0 Å². The number of hydrogen-bond acceptors (Lipinski definition) is 6. The lowest BCUT2D eigenvalue weighted by Gasteiger charge is -2.16. The van der Waals surface area contributed by atoms with Gasteiger partial charge in [0.2, 0.25) is 0 Å². The van der Waals surface area contributed by atoms with Crippen molar-refractivity contribution in [1.82, 2.24) is 25.3 Å². The number of nitrogens with zero attached hydrogens (tertiary/aromatic N) is 4. The van der Waals surface area contributed by atoms with Gasteiger partial charge >= 0.3 is 0 Å². The summed E-state index contributed by atoms with van der Waals surface area (Å²) in [6.45, 7) is 2.51. The average molecular weight is 289 g/mol. The summed E-state index contributed by atoms with van der Waals surface area (Å²) in [5.74, 6) is 1.10. The van der Waals surface area contributed by atoms with Gasteiger partial charge in [-0.1, -0.05) is 0 Å². The van der Waals surface area contributed by atoms with E-state index in [2.05, 4.69) is 25.3 Å². The van der Waals surface area contributed by atoms with Crippen LogP contribution in [0.5, 0.6) is 5.75 Å². The Kier molecular flexibility index (Phi) is 4.12. The van der Waals surface area contributed by atoms with E-state index in [9.17, 15) is 0 Å². The van der Waals surface area contributed by atoms with E-state index in [1.54, 1.807) is 26.6 Å². The molecule has 0 aliphatic carbocycles. The van der Waals surface area contributed by atoms with Crippen molar-refractivity contribution in [3.63, 3.8) is 0 Å². The number of nitrogens with one attached hydrogen (secondary N) is 1. The van der Waals surface area contributed by atoms with Crippen LogP contribution in [0.4, 0.5) is 0 Å². The second-order valence-electron chi connectivity index (χ2n) is 5.16. The molecule has 1 fully saturated rings. The van der Waals surface area contributed by atoms with Crippen LogP contribution in [0, 0.1) is 0 Å². The zero-order chi connectivity index (χ0) is 14.7. The minimum atomic E-state index is 0.123. The van der Waals surface area contributed by atoms with Gasteiger partial charge in [0.25, 0.3) is 0 Å². The first-order valence-electron chi connectivity index (χ1n) is 6.89. The topological polar surface area (TPSA) is 76.2 Å². The van der Waals surface area contributed by atoms with E-state index < -0.39 is 0 Å². The predicted molar refractivity (Wildman–Crippen MR) is 76.0 cm³/mol. The van der Waals surface area contributed by atoms with Gasteiger partial charge in [-0.2, -0.15) is 15.4 Å². The van der Waals surface area contributed by atoms with E-state index in [-0.39, 0.29) is 12.0 Å². The molecule has 3 rings (SSSR count). The van der Waals surface area contributed by atoms with Crippen LogP contribution >= 0.6 is 0 Å². The van der Waals surface area contributed by atoms with Crippen molar-refractivity contribution < 1.29 is 9.47 Å². The van der Waals surface area contributed by atoms with Crippen LogP contribution < -0.4 is 4.74 Å². The maximum absolute atomic E-state index is 5.60. The number of rotatable bonds is 5. The Hall–Kier alpha value is -1.99. The highest BCUT2D eigenvalue weighted by atomic mass is 16.5. The van der Waals surface area contributed by atoms with Crippen molar-refractivity contribution in [2.24, 2.45) is 0 Å². The van der Waals surface area contributed by atoms with Gasteiger partial charge in [0.05, 0.1) is 25.1 Å². The van der Waals surface area contributed by atoms with Crippen molar-refractivity contribution in [3.8, 4) is 5.75 Å². The van der Waals surface area contributed by atoms with E-state index in [0.29, 0.717) is 0 Å². The highest BCUT2D eigenvalue weighted by molar-refractivity contribution is 5.30. The second-order valence-corrected chi connectivity index (χ2v) is 5.16. The molecular weight excluding hydrogens is 270 g/mol. The van der Waals surface area contributed by atoms with Gasteiger partial charge in [0.15, 0.2) is 0 Å². The van der Waals surface area contributed by atoms with E-state index in [4.69, 9.17) is 9.47 Å². The molecule has 0 spiro atoms. The number of hydrogen-bond donors (Lipinski definition) is 1. The molecule has 1 aliphatic rings. The summed E-state index contributed by atoms with van der Waals surface area (Å²) < 4.78 is 11.0. The zero-order valence-electron chi connectivity index (χ0n) is 12.2. The largest absolute Gasteiger partial charge is 0.496 e. The van der Waals surface area contributed by atoms with Gasteiger partial charge in [0.1, 0.15) is 5.75 Å². The molecule has 7 nitrogen and oxygen atoms in total. The average Bonchev–Trinajstić information content (AvgIpc) is 3.16. The smallest absolute Gasteiger partial charge is 0.126 e. The Balaban J connectivity index is 1.73. The normalized spacial score (nSPS) is 22.6. The van der Waals surface area contributed by atoms with Crippen molar-refractivity contribution in [3.05, 3.63) is 35.9 Å². The number of aromatic amines is 1. The van der Waals surface area contributed by atoms with Crippen LogP contribution in [0.15, 0.2) is 24.7 Å². The molecule has 2 aromatic rings. The number of pyridine rings is 1. The molecule has 0 amide bonds. The van der Waals surface area contributed by atoms with E-state index in [0.717, 1.165) is 36.6 Å². The van der Waals surface area contributed by atoms with Crippen molar-refractivity contribution in [1.29, 1.82) is 0 Å². The Bertz CT molecular complexity index is 575. The quantitative estimate of drug-likeness (QED) is 0.878. The lowest BCUT2D eigenvalue weighted by Crippen LogP contribution is -2.23. The first-order chi connectivity index (χ1) is 10.3. The van der Waals surface area contributed by atoms with Crippen LogP contribution in [0.1, 0.15) is 17.2 Å². The lowest BCUT2D eigenvalue weighted by atomic mass is 10.0. The van der Waals surface area contributed by atoms with Gasteiger partial charge < -0.3 is 9.47 Å². The summed E-state index contributed by atoms with van der Waals surface area (Å²) in [5.41, 5.74) is 2.03. The molecule has 2 atom stereocenters. The van der Waals surface area contributed by atoms with E-state index in [1.165, 1.54) is 0 Å². The molecule has 1 aliphatic heterocycles. The summed E-state index contributed by atoms with van der Waals surface area (Å²) in [7, 11) is 3.42. The fraction of sp³-hybridized carbons (Fsp3) is 0.500. The van der Waals surface area contributed by atoms with Gasteiger partial charge in [-0.05, 0) is 6.07 Å². The summed E-state index contributed by atoms with van der Waals surface area (Å²) >= 11 is 0. The Morgan fingerprint density at radius 3 is 2.95 bits per heavy atom. The summed E-state index contributed by atoms with van der Waals surface area (Å²) in [4.78, 5) is 6.50. The Morgan fingerprint density at radius 1 is 1.33 bits per heavy atom. The number of methoxy groups -OCH3 is 2. The lowest BCUT2D eigenvalue weighted by molar-refractivity contribution is 0.0956. The van der Waals surface area contributed by atoms with Gasteiger partial charge in [0, 0.05) is 50.6 Å². The van der Waals surface area contributed by atoms with Crippen LogP contribution in [-0.2, 0) is 11.3 Å². The molecule has 0 unspecified atom stereocenters. The second kappa shape index (κ2) is 6.19. The molecule has 1 N–H and O–H groups in total. The molecule has 7 heteroatoms. The number of H-pyrrole nitrogens is 1. The maximum atomic E-state index is 5.60. The molecule has 1 saturated heterocycles. The molecular formula is C14H19N5O2. The van der Waals surface area contributed by atoms with Crippen LogP contribution in [0.25, 0.3) is 0 Å². The van der Waals surface area contributed by atoms with Gasteiger partial charge in [-0.25, -0.2) is 0 Å². The first-order valence-corrected chi connectivity index (χ1v) is 6.89. The van der Waals surface area contributed by atoms with Crippen LogP contribution in [0.3, 0.4) is 0 Å². The van der Waals surface area contributed by atoms with Gasteiger partial charge in [-0.15, -0.1) is 0 Å². The fourth-order valence-corrected chi connectivity index (χ4v) is 2.87. The number of aromatic nitrogens is 4. The number of ether oxygens (including phenoxy) is 2. The third-order valence-electron chi connectivity index (χ3n) is 3.93. The van der Waals surface area contributed by atoms with E-state index >= 15 is 0 Å². The molecule has 0 aromatic carbocycles. The fourth-order valence-electron chi connectivity index (χ4n) is 2.87. The minimum absolute atomic E-state index is 0.123. The molecule has 3 heterocycles. The van der Waals surface area contributed by atoms with Gasteiger partial charge in [-0.3, -0.25) is 9.88 Å². The van der Waals surface area contributed by atoms with Crippen LogP contribution in [0.2, 0.25) is 0 Å². The molecule has 0 saturated carbocycles. The summed E-state index contributed by atoms with van der Waals surface area (Å²) in [6, 6.07) is 1.88. The van der Waals surface area contributed by atoms with Crippen LogP contribution in [-0.4, -0.2) is 58.7 Å². The number of likely N-dealkylation sites (tertiary alicyclic amines) is 1. The summed E-state index contributed by atoms with van der Waals surface area (Å²) in [5, 5.41) is 10.8. The molecule has 21 heavy (non-hydrogen) atoms. The maximum Gasteiger partial charge on any atom is 0.126 e. The first kappa shape index (κ1) is 14.0. The van der Waals surface area contributed by atoms with Crippen molar-refractivity contribution in [2.45, 2.75) is 18.6 Å². The van der Waals surface area contributed by atoms with Crippen molar-refractivity contribution in [2.75, 3.05) is 27.3 Å². The summed E-state index contributed by atoms with van der Waals surface area (Å²) in [6.07, 6.45) is 5.48. The standard InChI is InChI=1S/C14H19N5O2/c1-20-13-3-4-15-5-10(13)7-19-8-11(14(9-19)21-2)12-6-16-18-17-12/h3-6,11,14H,7-9H2,1-2H3,(H,16,17,18)/t11-,14+/m0/s1. The zero-order valence-corrected chi connectivity index (χ0v) is 12.2. The molecule has 0 radical (unpaired) electrons. The molecule has 112 valence electrons. The highest BCUT2D eigenvalue weighted by Gasteiger charge is 2.35. The third kappa shape index (κ3) is 2.88. The SMILES string of the molecule is COc1ccncc1CN1C[C@@H](OC)[C@H](c2cn[nH]n2)C1. The third-order valence-corrected chi connectivity index (χ3v) is 3.93. The Morgan fingerprint density at radius 2 is 2.24 bits per heavy atom.